The highest BCUT2D eigenvalue weighted by Gasteiger charge is 2.15. The van der Waals surface area contributed by atoms with Gasteiger partial charge in [-0.2, -0.15) is 0 Å². The highest BCUT2D eigenvalue weighted by molar-refractivity contribution is 9.10. The Morgan fingerprint density at radius 3 is 2.38 bits per heavy atom. The maximum absolute atomic E-state index is 12.0. The van der Waals surface area contributed by atoms with Gasteiger partial charge in [0.25, 0.3) is 0 Å². The van der Waals surface area contributed by atoms with Gasteiger partial charge in [-0.3, -0.25) is 14.4 Å². The maximum Gasteiger partial charge on any atom is 0.313 e. The Morgan fingerprint density at radius 1 is 1.04 bits per heavy atom. The average Bonchev–Trinajstić information content (AvgIpc) is 2.61. The molecule has 0 unspecified atom stereocenters. The fraction of sp³-hybridized carbons (Fsp3) is 0.118. The van der Waals surface area contributed by atoms with E-state index in [1.54, 1.807) is 36.4 Å². The van der Waals surface area contributed by atoms with Gasteiger partial charge in [0.15, 0.2) is 0 Å². The summed E-state index contributed by atoms with van der Waals surface area (Å²) in [5.41, 5.74) is 0.819. The van der Waals surface area contributed by atoms with Crippen molar-refractivity contribution in [1.29, 1.82) is 0 Å². The predicted molar refractivity (Wildman–Crippen MR) is 102 cm³/mol. The monoisotopic (exact) mass is 439 g/mol. The highest BCUT2D eigenvalue weighted by atomic mass is 79.9. The van der Waals surface area contributed by atoms with Gasteiger partial charge < -0.3 is 20.7 Å². The topological polar surface area (TPSA) is 96.5 Å². The Labute approximate surface area is 163 Å². The van der Waals surface area contributed by atoms with Crippen LogP contribution in [0.25, 0.3) is 0 Å². The van der Waals surface area contributed by atoms with Crippen molar-refractivity contribution in [2.45, 2.75) is 0 Å². The molecule has 136 valence electrons. The quantitative estimate of drug-likeness (QED) is 0.623. The maximum atomic E-state index is 12.0. The van der Waals surface area contributed by atoms with E-state index in [1.165, 1.54) is 13.2 Å². The number of amides is 3. The van der Waals surface area contributed by atoms with E-state index in [2.05, 4.69) is 31.9 Å². The Balaban J connectivity index is 1.86. The van der Waals surface area contributed by atoms with Crippen molar-refractivity contribution in [3.05, 3.63) is 52.0 Å². The van der Waals surface area contributed by atoms with Crippen molar-refractivity contribution in [3.63, 3.8) is 0 Å². The first-order valence-corrected chi connectivity index (χ1v) is 8.54. The summed E-state index contributed by atoms with van der Waals surface area (Å²) in [6, 6.07) is 11.4. The fourth-order valence-electron chi connectivity index (χ4n) is 1.93. The van der Waals surface area contributed by atoms with Gasteiger partial charge in [-0.15, -0.1) is 0 Å². The van der Waals surface area contributed by atoms with Gasteiger partial charge in [0.05, 0.1) is 19.3 Å². The summed E-state index contributed by atoms with van der Waals surface area (Å²) in [7, 11) is 1.45. The van der Waals surface area contributed by atoms with Crippen molar-refractivity contribution in [3.8, 4) is 5.75 Å². The summed E-state index contributed by atoms with van der Waals surface area (Å²) in [5.74, 6) is -1.92. The zero-order valence-corrected chi connectivity index (χ0v) is 16.0. The zero-order valence-electron chi connectivity index (χ0n) is 13.6. The Hall–Kier alpha value is -2.58. The van der Waals surface area contributed by atoms with E-state index in [-0.39, 0.29) is 6.54 Å². The smallest absolute Gasteiger partial charge is 0.313 e. The van der Waals surface area contributed by atoms with Crippen LogP contribution in [0.1, 0.15) is 0 Å². The molecule has 2 rings (SSSR count). The third-order valence-electron chi connectivity index (χ3n) is 3.15. The highest BCUT2D eigenvalue weighted by Crippen LogP contribution is 2.27. The second-order valence-corrected chi connectivity index (χ2v) is 6.39. The van der Waals surface area contributed by atoms with Crippen molar-refractivity contribution >= 4 is 56.6 Å². The summed E-state index contributed by atoms with van der Waals surface area (Å²) in [6.07, 6.45) is 0. The summed E-state index contributed by atoms with van der Waals surface area (Å²) in [5, 5.41) is 7.64. The van der Waals surface area contributed by atoms with Crippen molar-refractivity contribution < 1.29 is 19.1 Å². The number of rotatable bonds is 5. The van der Waals surface area contributed by atoms with Crippen LogP contribution in [0.5, 0.6) is 5.75 Å². The number of carbonyl (C=O) groups excluding carboxylic acids is 3. The van der Waals surface area contributed by atoms with Gasteiger partial charge in [-0.1, -0.05) is 27.5 Å². The van der Waals surface area contributed by atoms with Gasteiger partial charge in [0.1, 0.15) is 5.75 Å². The molecule has 2 aromatic rings. The molecule has 0 aliphatic heterocycles. The molecule has 0 atom stereocenters. The van der Waals surface area contributed by atoms with Gasteiger partial charge in [-0.05, 0) is 42.5 Å². The van der Waals surface area contributed by atoms with E-state index in [1.807, 2.05) is 0 Å². The van der Waals surface area contributed by atoms with E-state index < -0.39 is 17.7 Å². The first kappa shape index (κ1) is 19.7. The zero-order chi connectivity index (χ0) is 19.1. The SMILES string of the molecule is COc1ccc(Cl)cc1NC(=O)CNC(=O)C(=O)Nc1ccc(Br)cc1. The molecule has 9 heteroatoms. The average molecular weight is 441 g/mol. The van der Waals surface area contributed by atoms with Crippen LogP contribution in [0.3, 0.4) is 0 Å². The third-order valence-corrected chi connectivity index (χ3v) is 3.92. The van der Waals surface area contributed by atoms with E-state index in [0.717, 1.165) is 4.47 Å². The van der Waals surface area contributed by atoms with Gasteiger partial charge in [0, 0.05) is 15.2 Å². The number of anilines is 2. The van der Waals surface area contributed by atoms with E-state index in [4.69, 9.17) is 16.3 Å². The Bertz CT molecular complexity index is 827. The molecule has 0 heterocycles. The molecule has 0 aliphatic carbocycles. The Kier molecular flexibility index (Phi) is 6.99. The molecule has 0 aliphatic rings. The minimum atomic E-state index is -0.930. The largest absolute Gasteiger partial charge is 0.495 e. The van der Waals surface area contributed by atoms with E-state index in [0.29, 0.717) is 22.1 Å². The second kappa shape index (κ2) is 9.21. The van der Waals surface area contributed by atoms with Crippen molar-refractivity contribution in [1.82, 2.24) is 5.32 Å². The molecule has 0 radical (unpaired) electrons. The van der Waals surface area contributed by atoms with Crippen LogP contribution in [0.4, 0.5) is 11.4 Å². The van der Waals surface area contributed by atoms with Crippen LogP contribution in [-0.2, 0) is 14.4 Å². The van der Waals surface area contributed by atoms with Gasteiger partial charge in [0.2, 0.25) is 5.91 Å². The Morgan fingerprint density at radius 2 is 1.73 bits per heavy atom. The van der Waals surface area contributed by atoms with Gasteiger partial charge in [-0.25, -0.2) is 0 Å². The molecule has 0 bridgehead atoms. The number of nitrogens with one attached hydrogen (secondary N) is 3. The minimum absolute atomic E-state index is 0.360. The molecule has 0 fully saturated rings. The van der Waals surface area contributed by atoms with Crippen LogP contribution < -0.4 is 20.7 Å². The lowest BCUT2D eigenvalue weighted by atomic mass is 10.3. The number of benzene rings is 2. The van der Waals surface area contributed by atoms with Crippen LogP contribution >= 0.6 is 27.5 Å². The third kappa shape index (κ3) is 5.75. The lowest BCUT2D eigenvalue weighted by molar-refractivity contribution is -0.136. The first-order chi connectivity index (χ1) is 12.4. The lowest BCUT2D eigenvalue weighted by Crippen LogP contribution is -2.39. The van der Waals surface area contributed by atoms with E-state index in [9.17, 15) is 14.4 Å². The number of methoxy groups -OCH3 is 1. The fourth-order valence-corrected chi connectivity index (χ4v) is 2.37. The van der Waals surface area contributed by atoms with Crippen LogP contribution in [0.2, 0.25) is 5.02 Å². The standard InChI is InChI=1S/C17H15BrClN3O4/c1-26-14-7-4-11(19)8-13(14)22-15(23)9-20-16(24)17(25)21-12-5-2-10(18)3-6-12/h2-8H,9H2,1H3,(H,20,24)(H,21,25)(H,22,23). The summed E-state index contributed by atoms with van der Waals surface area (Å²) in [6.45, 7) is -0.387. The second-order valence-electron chi connectivity index (χ2n) is 5.04. The molecule has 3 N–H and O–H groups in total. The van der Waals surface area contributed by atoms with Crippen molar-refractivity contribution in [2.75, 3.05) is 24.3 Å². The minimum Gasteiger partial charge on any atom is -0.495 e. The van der Waals surface area contributed by atoms with E-state index >= 15 is 0 Å². The van der Waals surface area contributed by atoms with Crippen LogP contribution in [-0.4, -0.2) is 31.4 Å². The molecule has 0 spiro atoms. The molecular weight excluding hydrogens is 426 g/mol. The number of halogens is 2. The van der Waals surface area contributed by atoms with Gasteiger partial charge >= 0.3 is 11.8 Å². The molecule has 2 aromatic carbocycles. The first-order valence-electron chi connectivity index (χ1n) is 7.37. The van der Waals surface area contributed by atoms with Crippen LogP contribution in [0, 0.1) is 0 Å². The summed E-state index contributed by atoms with van der Waals surface area (Å²) < 4.78 is 5.95. The molecule has 7 nitrogen and oxygen atoms in total. The number of hydrogen-bond donors (Lipinski definition) is 3. The number of hydrogen-bond acceptors (Lipinski definition) is 4. The predicted octanol–water partition coefficient (Wildman–Crippen LogP) is 2.80. The molecule has 26 heavy (non-hydrogen) atoms. The normalized spacial score (nSPS) is 9.96. The molecule has 0 saturated carbocycles. The van der Waals surface area contributed by atoms with Crippen LogP contribution in [0.15, 0.2) is 46.9 Å². The molecule has 0 aromatic heterocycles. The molecular formula is C17H15BrClN3O4. The molecule has 3 amide bonds. The number of ether oxygens (including phenoxy) is 1. The molecule has 0 saturated heterocycles. The van der Waals surface area contributed by atoms with Crippen molar-refractivity contribution in [2.24, 2.45) is 0 Å². The summed E-state index contributed by atoms with van der Waals surface area (Å²) >= 11 is 9.15. The number of carbonyl (C=O) groups is 3. The lowest BCUT2D eigenvalue weighted by Gasteiger charge is -2.11. The summed E-state index contributed by atoms with van der Waals surface area (Å²) in [4.78, 5) is 35.6.